The average molecular weight is 520 g/mol. The number of benzene rings is 3. The third-order valence-electron chi connectivity index (χ3n) is 5.97. The van der Waals surface area contributed by atoms with Crippen molar-refractivity contribution in [1.82, 2.24) is 10.2 Å². The van der Waals surface area contributed by atoms with E-state index in [0.29, 0.717) is 22.9 Å². The van der Waals surface area contributed by atoms with E-state index in [1.165, 1.54) is 0 Å². The standard InChI is InChI=1S/C26H22BrN3O4/c1-32-18-10-4-15(5-11-18)23-22-24(29-28-23)26(31)30(17-8-6-16(27)7-9-17)25(22)20-13-12-19(33-2)14-21(20)34-3/h4-14,25H,1-3H3,(H,28,29)/t25-/m1/s1. The van der Waals surface area contributed by atoms with Crippen LogP contribution in [0.25, 0.3) is 11.3 Å². The van der Waals surface area contributed by atoms with Gasteiger partial charge in [0.2, 0.25) is 0 Å². The predicted molar refractivity (Wildman–Crippen MR) is 133 cm³/mol. The lowest BCUT2D eigenvalue weighted by molar-refractivity contribution is 0.0988. The number of methoxy groups -OCH3 is 3. The molecule has 0 radical (unpaired) electrons. The molecular formula is C26H22BrN3O4. The van der Waals surface area contributed by atoms with Gasteiger partial charge in [0.1, 0.15) is 22.9 Å². The number of H-pyrrole nitrogens is 1. The van der Waals surface area contributed by atoms with Crippen molar-refractivity contribution in [3.8, 4) is 28.5 Å². The summed E-state index contributed by atoms with van der Waals surface area (Å²) in [5, 5.41) is 7.52. The molecule has 1 amide bonds. The van der Waals surface area contributed by atoms with Crippen LogP contribution < -0.4 is 19.1 Å². The van der Waals surface area contributed by atoms with Crippen LogP contribution in [-0.2, 0) is 0 Å². The van der Waals surface area contributed by atoms with Gasteiger partial charge in [-0.25, -0.2) is 0 Å². The van der Waals surface area contributed by atoms with Crippen molar-refractivity contribution < 1.29 is 19.0 Å². The Labute approximate surface area is 205 Å². The van der Waals surface area contributed by atoms with Gasteiger partial charge in [0.05, 0.1) is 33.1 Å². The summed E-state index contributed by atoms with van der Waals surface area (Å²) in [4.78, 5) is 15.5. The fourth-order valence-electron chi connectivity index (χ4n) is 4.32. The summed E-state index contributed by atoms with van der Waals surface area (Å²) < 4.78 is 17.4. The number of fused-ring (bicyclic) bond motifs is 1. The number of nitrogens with one attached hydrogen (secondary N) is 1. The van der Waals surface area contributed by atoms with Crippen molar-refractivity contribution in [2.45, 2.75) is 6.04 Å². The summed E-state index contributed by atoms with van der Waals surface area (Å²) in [6.07, 6.45) is 0. The van der Waals surface area contributed by atoms with Crippen molar-refractivity contribution >= 4 is 27.5 Å². The van der Waals surface area contributed by atoms with Gasteiger partial charge in [-0.05, 0) is 60.7 Å². The molecule has 0 fully saturated rings. The third kappa shape index (κ3) is 3.60. The number of aromatic amines is 1. The highest BCUT2D eigenvalue weighted by Gasteiger charge is 2.44. The first-order valence-electron chi connectivity index (χ1n) is 10.6. The van der Waals surface area contributed by atoms with Crippen LogP contribution in [0.1, 0.15) is 27.7 Å². The highest BCUT2D eigenvalue weighted by atomic mass is 79.9. The van der Waals surface area contributed by atoms with Crippen molar-refractivity contribution in [3.05, 3.63) is 88.0 Å². The molecule has 0 aliphatic carbocycles. The van der Waals surface area contributed by atoms with Gasteiger partial charge in [-0.3, -0.25) is 14.8 Å². The smallest absolute Gasteiger partial charge is 0.277 e. The zero-order valence-electron chi connectivity index (χ0n) is 18.8. The summed E-state index contributed by atoms with van der Waals surface area (Å²) in [6, 6.07) is 20.5. The largest absolute Gasteiger partial charge is 0.497 e. The molecule has 1 aliphatic rings. The molecule has 1 N–H and O–H groups in total. The highest BCUT2D eigenvalue weighted by Crippen LogP contribution is 2.48. The molecule has 3 aromatic carbocycles. The summed E-state index contributed by atoms with van der Waals surface area (Å²) >= 11 is 3.48. The first-order valence-corrected chi connectivity index (χ1v) is 11.4. The number of carbonyl (C=O) groups excluding carboxylic acids is 1. The number of halogens is 1. The number of rotatable bonds is 6. The molecule has 0 unspecified atom stereocenters. The Morgan fingerprint density at radius 2 is 1.56 bits per heavy atom. The number of nitrogens with zero attached hydrogens (tertiary/aromatic N) is 2. The number of aromatic nitrogens is 2. The van der Waals surface area contributed by atoms with E-state index in [4.69, 9.17) is 14.2 Å². The predicted octanol–water partition coefficient (Wildman–Crippen LogP) is 5.61. The van der Waals surface area contributed by atoms with Crippen LogP contribution in [0.15, 0.2) is 71.2 Å². The molecule has 0 spiro atoms. The van der Waals surface area contributed by atoms with Crippen LogP contribution in [0.4, 0.5) is 5.69 Å². The summed E-state index contributed by atoms with van der Waals surface area (Å²) in [5.41, 5.74) is 4.42. The van der Waals surface area contributed by atoms with E-state index in [1.54, 1.807) is 26.2 Å². The number of hydrogen-bond donors (Lipinski definition) is 1. The number of ether oxygens (including phenoxy) is 3. The monoisotopic (exact) mass is 519 g/mol. The number of hydrogen-bond acceptors (Lipinski definition) is 5. The van der Waals surface area contributed by atoms with Crippen LogP contribution in [0.3, 0.4) is 0 Å². The number of amides is 1. The Morgan fingerprint density at radius 1 is 0.882 bits per heavy atom. The fraction of sp³-hybridized carbons (Fsp3) is 0.154. The van der Waals surface area contributed by atoms with Crippen molar-refractivity contribution in [2.24, 2.45) is 0 Å². The fourth-order valence-corrected chi connectivity index (χ4v) is 4.59. The molecule has 1 aliphatic heterocycles. The maximum Gasteiger partial charge on any atom is 0.277 e. The summed E-state index contributed by atoms with van der Waals surface area (Å²) in [7, 11) is 4.85. The first kappa shape index (κ1) is 22.0. The minimum atomic E-state index is -0.458. The van der Waals surface area contributed by atoms with E-state index in [9.17, 15) is 4.79 Å². The zero-order chi connectivity index (χ0) is 23.8. The van der Waals surface area contributed by atoms with Crippen LogP contribution in [0.5, 0.6) is 17.2 Å². The first-order chi connectivity index (χ1) is 16.5. The topological polar surface area (TPSA) is 76.7 Å². The Kier molecular flexibility index (Phi) is 5.75. The van der Waals surface area contributed by atoms with E-state index >= 15 is 0 Å². The number of carbonyl (C=O) groups is 1. The minimum Gasteiger partial charge on any atom is -0.497 e. The van der Waals surface area contributed by atoms with Gasteiger partial charge in [0, 0.05) is 32.9 Å². The van der Waals surface area contributed by atoms with Crippen LogP contribution in [0, 0.1) is 0 Å². The zero-order valence-corrected chi connectivity index (χ0v) is 20.4. The molecule has 0 bridgehead atoms. The molecular weight excluding hydrogens is 498 g/mol. The molecule has 0 saturated carbocycles. The van der Waals surface area contributed by atoms with Crippen LogP contribution in [0.2, 0.25) is 0 Å². The Hall–Kier alpha value is -3.78. The maximum atomic E-state index is 13.7. The van der Waals surface area contributed by atoms with Gasteiger partial charge in [-0.1, -0.05) is 15.9 Å². The van der Waals surface area contributed by atoms with E-state index in [2.05, 4.69) is 26.1 Å². The lowest BCUT2D eigenvalue weighted by atomic mass is 9.95. The Morgan fingerprint density at radius 3 is 2.21 bits per heavy atom. The normalized spacial score (nSPS) is 14.8. The molecule has 8 heteroatoms. The molecule has 5 rings (SSSR count). The minimum absolute atomic E-state index is 0.160. The molecule has 1 atom stereocenters. The van der Waals surface area contributed by atoms with Gasteiger partial charge in [0.25, 0.3) is 5.91 Å². The van der Waals surface area contributed by atoms with E-state index < -0.39 is 6.04 Å². The molecule has 4 aromatic rings. The SMILES string of the molecule is COc1ccc(-c2n[nH]c3c2[C@@H](c2ccc(OC)cc2OC)N(c2ccc(Br)cc2)C3=O)cc1. The van der Waals surface area contributed by atoms with E-state index in [1.807, 2.05) is 66.7 Å². The van der Waals surface area contributed by atoms with Crippen molar-refractivity contribution in [2.75, 3.05) is 26.2 Å². The second-order valence-corrected chi connectivity index (χ2v) is 8.67. The van der Waals surface area contributed by atoms with Gasteiger partial charge in [0.15, 0.2) is 0 Å². The quantitative estimate of drug-likeness (QED) is 0.358. The summed E-state index contributed by atoms with van der Waals surface area (Å²) in [5.74, 6) is 1.88. The molecule has 0 saturated heterocycles. The second kappa shape index (κ2) is 8.87. The van der Waals surface area contributed by atoms with Gasteiger partial charge in [-0.15, -0.1) is 0 Å². The lowest BCUT2D eigenvalue weighted by Crippen LogP contribution is -2.29. The lowest BCUT2D eigenvalue weighted by Gasteiger charge is -2.28. The number of anilines is 1. The Balaban J connectivity index is 1.73. The molecule has 7 nitrogen and oxygen atoms in total. The van der Waals surface area contributed by atoms with Gasteiger partial charge in [-0.2, -0.15) is 5.10 Å². The van der Waals surface area contributed by atoms with Crippen molar-refractivity contribution in [3.63, 3.8) is 0 Å². The average Bonchev–Trinajstić information content (AvgIpc) is 3.43. The maximum absolute atomic E-state index is 13.7. The molecule has 34 heavy (non-hydrogen) atoms. The molecule has 2 heterocycles. The molecule has 1 aromatic heterocycles. The van der Waals surface area contributed by atoms with Crippen LogP contribution in [-0.4, -0.2) is 37.4 Å². The van der Waals surface area contributed by atoms with E-state index in [0.717, 1.165) is 32.6 Å². The molecule has 172 valence electrons. The Bertz CT molecular complexity index is 1350. The van der Waals surface area contributed by atoms with Gasteiger partial charge < -0.3 is 14.2 Å². The van der Waals surface area contributed by atoms with Crippen molar-refractivity contribution in [1.29, 1.82) is 0 Å². The highest BCUT2D eigenvalue weighted by molar-refractivity contribution is 9.10. The summed E-state index contributed by atoms with van der Waals surface area (Å²) in [6.45, 7) is 0. The van der Waals surface area contributed by atoms with Crippen LogP contribution >= 0.6 is 15.9 Å². The third-order valence-corrected chi connectivity index (χ3v) is 6.50. The van der Waals surface area contributed by atoms with Gasteiger partial charge >= 0.3 is 0 Å². The second-order valence-electron chi connectivity index (χ2n) is 7.75. The van der Waals surface area contributed by atoms with E-state index in [-0.39, 0.29) is 5.91 Å².